The molecule has 2 N–H and O–H groups in total. The summed E-state index contributed by atoms with van der Waals surface area (Å²) in [4.78, 5) is 2.23. The van der Waals surface area contributed by atoms with Crippen LogP contribution in [0.1, 0.15) is 55.2 Å². The number of para-hydroxylation sites is 3. The third-order valence-electron chi connectivity index (χ3n) is 9.55. The highest BCUT2D eigenvalue weighted by molar-refractivity contribution is 6.27. The summed E-state index contributed by atoms with van der Waals surface area (Å²) in [5.41, 5.74) is 17.9. The topological polar surface area (TPSA) is 33.7 Å². The Morgan fingerprint density at radius 1 is 0.822 bits per heavy atom. The maximum atomic E-state index is 6.30. The molecule has 5 aromatic carbocycles. The molecular formula is C42H41N3. The van der Waals surface area contributed by atoms with Gasteiger partial charge in [0.25, 0.3) is 0 Å². The molecule has 0 saturated heterocycles. The van der Waals surface area contributed by atoms with Crippen LogP contribution in [0.5, 0.6) is 0 Å². The summed E-state index contributed by atoms with van der Waals surface area (Å²) >= 11 is 0. The van der Waals surface area contributed by atoms with Crippen molar-refractivity contribution >= 4 is 49.5 Å². The molecule has 1 aliphatic rings. The van der Waals surface area contributed by atoms with Crippen LogP contribution < -0.4 is 10.6 Å². The molecule has 0 amide bonds. The first kappa shape index (κ1) is 28.9. The van der Waals surface area contributed by atoms with Crippen LogP contribution >= 0.6 is 0 Å². The van der Waals surface area contributed by atoms with E-state index in [0.717, 1.165) is 12.1 Å². The number of aromatic nitrogens is 1. The highest BCUT2D eigenvalue weighted by Crippen LogP contribution is 2.48. The molecule has 3 nitrogen and oxygen atoms in total. The normalized spacial score (nSPS) is 15.8. The van der Waals surface area contributed by atoms with Crippen LogP contribution in [-0.2, 0) is 0 Å². The summed E-state index contributed by atoms with van der Waals surface area (Å²) in [6.07, 6.45) is 6.82. The van der Waals surface area contributed by atoms with E-state index in [1.807, 2.05) is 6.07 Å². The van der Waals surface area contributed by atoms with Crippen molar-refractivity contribution in [3.8, 4) is 0 Å². The third-order valence-corrected chi connectivity index (χ3v) is 9.55. The zero-order valence-corrected chi connectivity index (χ0v) is 26.5. The SMILES string of the molecule is C=C(/C=C\C1c2ccccc2C1C)CCC.Cc1cc2c3ccccc3n3c4ccccc4c(c1N(CN)c1ccccc1)c23. The Balaban J connectivity index is 0.000000173. The summed E-state index contributed by atoms with van der Waals surface area (Å²) < 4.78 is 2.41. The predicted octanol–water partition coefficient (Wildman–Crippen LogP) is 11.0. The van der Waals surface area contributed by atoms with Crippen molar-refractivity contribution in [2.75, 3.05) is 11.6 Å². The molecule has 1 aliphatic carbocycles. The van der Waals surface area contributed by atoms with E-state index in [1.165, 1.54) is 72.5 Å². The Kier molecular flexibility index (Phi) is 7.64. The lowest BCUT2D eigenvalue weighted by atomic mass is 9.69. The molecule has 0 spiro atoms. The number of hydrogen-bond acceptors (Lipinski definition) is 2. The molecule has 0 aliphatic heterocycles. The molecule has 0 saturated carbocycles. The smallest absolute Gasteiger partial charge is 0.0706 e. The van der Waals surface area contributed by atoms with Crippen LogP contribution in [0.15, 0.2) is 133 Å². The van der Waals surface area contributed by atoms with Crippen molar-refractivity contribution in [3.05, 3.63) is 150 Å². The second-order valence-corrected chi connectivity index (χ2v) is 12.3. The van der Waals surface area contributed by atoms with Gasteiger partial charge in [-0.15, -0.1) is 0 Å². The molecule has 2 atom stereocenters. The van der Waals surface area contributed by atoms with Gasteiger partial charge in [-0.05, 0) is 66.3 Å². The van der Waals surface area contributed by atoms with Gasteiger partial charge in [0.05, 0.1) is 28.9 Å². The van der Waals surface area contributed by atoms with Gasteiger partial charge in [-0.3, -0.25) is 0 Å². The molecule has 45 heavy (non-hydrogen) atoms. The van der Waals surface area contributed by atoms with Gasteiger partial charge in [-0.25, -0.2) is 0 Å². The fraction of sp³-hybridized carbons (Fsp3) is 0.190. The molecule has 3 heteroatoms. The highest BCUT2D eigenvalue weighted by Gasteiger charge is 2.31. The Morgan fingerprint density at radius 2 is 1.44 bits per heavy atom. The van der Waals surface area contributed by atoms with Gasteiger partial charge in [-0.2, -0.15) is 0 Å². The first-order valence-corrected chi connectivity index (χ1v) is 16.2. The van der Waals surface area contributed by atoms with E-state index < -0.39 is 0 Å². The molecule has 2 unspecified atom stereocenters. The van der Waals surface area contributed by atoms with Gasteiger partial charge >= 0.3 is 0 Å². The van der Waals surface area contributed by atoms with Gasteiger partial charge in [0, 0.05) is 33.2 Å². The highest BCUT2D eigenvalue weighted by atomic mass is 15.2. The summed E-state index contributed by atoms with van der Waals surface area (Å²) in [7, 11) is 0. The van der Waals surface area contributed by atoms with E-state index in [0.29, 0.717) is 18.5 Å². The van der Waals surface area contributed by atoms with Gasteiger partial charge in [-0.1, -0.05) is 123 Å². The van der Waals surface area contributed by atoms with Crippen LogP contribution in [0, 0.1) is 6.92 Å². The number of rotatable bonds is 7. The first-order valence-electron chi connectivity index (χ1n) is 16.2. The quantitative estimate of drug-likeness (QED) is 0.149. The predicted molar refractivity (Wildman–Crippen MR) is 194 cm³/mol. The number of benzene rings is 5. The fourth-order valence-corrected chi connectivity index (χ4v) is 7.43. The van der Waals surface area contributed by atoms with E-state index in [-0.39, 0.29) is 0 Å². The lowest BCUT2D eigenvalue weighted by Crippen LogP contribution is -2.25. The minimum absolute atomic E-state index is 0.422. The van der Waals surface area contributed by atoms with Crippen molar-refractivity contribution in [1.82, 2.24) is 4.40 Å². The summed E-state index contributed by atoms with van der Waals surface area (Å²) in [6.45, 7) is 11.2. The Hall–Kier alpha value is -4.86. The molecule has 2 aromatic heterocycles. The van der Waals surface area contributed by atoms with Crippen molar-refractivity contribution in [1.29, 1.82) is 0 Å². The average Bonchev–Trinajstić information content (AvgIpc) is 3.58. The van der Waals surface area contributed by atoms with E-state index in [2.05, 4.69) is 152 Å². The lowest BCUT2D eigenvalue weighted by molar-refractivity contribution is 0.589. The number of nitrogens with zero attached hydrogens (tertiary/aromatic N) is 2. The van der Waals surface area contributed by atoms with Crippen LogP contribution in [0.2, 0.25) is 0 Å². The van der Waals surface area contributed by atoms with Gasteiger partial charge in [0.15, 0.2) is 0 Å². The average molecular weight is 588 g/mol. The maximum Gasteiger partial charge on any atom is 0.0706 e. The molecule has 224 valence electrons. The van der Waals surface area contributed by atoms with Gasteiger partial charge in [0.1, 0.15) is 0 Å². The van der Waals surface area contributed by atoms with Crippen molar-refractivity contribution < 1.29 is 0 Å². The van der Waals surface area contributed by atoms with E-state index in [9.17, 15) is 0 Å². The number of allylic oxidation sites excluding steroid dienone is 3. The monoisotopic (exact) mass is 587 g/mol. The molecule has 7 aromatic rings. The van der Waals surface area contributed by atoms with E-state index in [1.54, 1.807) is 0 Å². The Morgan fingerprint density at radius 3 is 2.16 bits per heavy atom. The largest absolute Gasteiger partial charge is 0.327 e. The zero-order chi connectivity index (χ0) is 31.1. The first-order chi connectivity index (χ1) is 22.0. The molecule has 2 heterocycles. The van der Waals surface area contributed by atoms with Crippen LogP contribution in [0.4, 0.5) is 11.4 Å². The Bertz CT molecular complexity index is 2170. The zero-order valence-electron chi connectivity index (χ0n) is 26.5. The third kappa shape index (κ3) is 4.79. The summed E-state index contributed by atoms with van der Waals surface area (Å²) in [5, 5.41) is 5.15. The second-order valence-electron chi connectivity index (χ2n) is 12.3. The number of hydrogen-bond donors (Lipinski definition) is 1. The van der Waals surface area contributed by atoms with Crippen LogP contribution in [-0.4, -0.2) is 11.1 Å². The molecule has 8 rings (SSSR count). The van der Waals surface area contributed by atoms with Crippen molar-refractivity contribution in [2.24, 2.45) is 5.73 Å². The second kappa shape index (κ2) is 11.9. The fourth-order valence-electron chi connectivity index (χ4n) is 7.43. The van der Waals surface area contributed by atoms with Crippen molar-refractivity contribution in [3.63, 3.8) is 0 Å². The maximum absolute atomic E-state index is 6.30. The summed E-state index contributed by atoms with van der Waals surface area (Å²) in [6, 6.07) is 38.9. The van der Waals surface area contributed by atoms with E-state index in [4.69, 9.17) is 5.73 Å². The minimum atomic E-state index is 0.422. The van der Waals surface area contributed by atoms with Crippen molar-refractivity contribution in [2.45, 2.75) is 45.4 Å². The number of nitrogens with two attached hydrogens (primary N) is 1. The Labute approximate surface area is 266 Å². The summed E-state index contributed by atoms with van der Waals surface area (Å²) in [5.74, 6) is 1.27. The molecule has 0 radical (unpaired) electrons. The standard InChI is InChI=1S/C26H21N3.C16H20/c1-17-15-21-19-11-5-7-13-22(19)29-23-14-8-6-12-20(23)24(26(21)29)25(17)28(16-27)18-9-3-2-4-10-18;1-4-7-12(2)10-11-15-13(3)14-8-5-6-9-16(14)15/h2-15H,16,27H2,1H3;5-6,8-11,13,15H,2,4,7H2,1,3H3/b;11-10-. The van der Waals surface area contributed by atoms with Crippen LogP contribution in [0.3, 0.4) is 0 Å². The van der Waals surface area contributed by atoms with Gasteiger partial charge < -0.3 is 15.0 Å². The number of aryl methyl sites for hydroxylation is 1. The van der Waals surface area contributed by atoms with E-state index >= 15 is 0 Å². The van der Waals surface area contributed by atoms with Gasteiger partial charge in [0.2, 0.25) is 0 Å². The molecular weight excluding hydrogens is 546 g/mol. The molecule has 0 fully saturated rings. The number of fused-ring (bicyclic) bond motifs is 7. The number of anilines is 2. The van der Waals surface area contributed by atoms with Crippen LogP contribution in [0.25, 0.3) is 38.1 Å². The molecule has 0 bridgehead atoms. The minimum Gasteiger partial charge on any atom is -0.327 e. The lowest BCUT2D eigenvalue weighted by Gasteiger charge is -2.35.